The normalized spacial score (nSPS) is 13.5. The third-order valence-corrected chi connectivity index (χ3v) is 2.18. The summed E-state index contributed by atoms with van der Waals surface area (Å²) < 4.78 is 5.57. The number of oxazole rings is 1. The molecule has 14 heavy (non-hydrogen) atoms. The summed E-state index contributed by atoms with van der Waals surface area (Å²) in [7, 11) is 4.07. The van der Waals surface area contributed by atoms with Gasteiger partial charge in [0.15, 0.2) is 5.89 Å². The molecule has 80 valence electrons. The first kappa shape index (κ1) is 11.2. The third-order valence-electron chi connectivity index (χ3n) is 2.18. The second-order valence-corrected chi connectivity index (χ2v) is 3.85. The van der Waals surface area contributed by atoms with E-state index in [2.05, 4.69) is 9.88 Å². The summed E-state index contributed by atoms with van der Waals surface area (Å²) in [5.74, 6) is 1.95. The molecule has 2 N–H and O–H groups in total. The molecule has 0 fully saturated rings. The molecule has 0 aromatic carbocycles. The van der Waals surface area contributed by atoms with Gasteiger partial charge in [-0.25, -0.2) is 4.98 Å². The molecule has 4 nitrogen and oxygen atoms in total. The van der Waals surface area contributed by atoms with Gasteiger partial charge in [-0.05, 0) is 14.1 Å². The van der Waals surface area contributed by atoms with E-state index in [4.69, 9.17) is 10.2 Å². The molecular weight excluding hydrogens is 178 g/mol. The van der Waals surface area contributed by atoms with Gasteiger partial charge in [-0.3, -0.25) is 0 Å². The lowest BCUT2D eigenvalue weighted by atomic mass is 10.1. The van der Waals surface area contributed by atoms with Gasteiger partial charge in [-0.2, -0.15) is 0 Å². The zero-order chi connectivity index (χ0) is 10.6. The molecule has 0 aliphatic heterocycles. The number of likely N-dealkylation sites (N-methyl/N-ethyl adjacent to an activating group) is 1. The first-order valence-corrected chi connectivity index (χ1v) is 4.93. The van der Waals surface area contributed by atoms with E-state index in [-0.39, 0.29) is 5.92 Å². The number of hydrogen-bond acceptors (Lipinski definition) is 4. The van der Waals surface area contributed by atoms with Crippen molar-refractivity contribution in [2.45, 2.75) is 19.3 Å². The molecule has 1 atom stereocenters. The van der Waals surface area contributed by atoms with Crippen LogP contribution >= 0.6 is 0 Å². The van der Waals surface area contributed by atoms with Crippen LogP contribution in [-0.2, 0) is 6.42 Å². The minimum Gasteiger partial charge on any atom is -0.445 e. The van der Waals surface area contributed by atoms with Crippen molar-refractivity contribution in [1.82, 2.24) is 9.88 Å². The number of nitrogens with two attached hydrogens (primary N) is 1. The Morgan fingerprint density at radius 1 is 1.57 bits per heavy atom. The van der Waals surface area contributed by atoms with Crippen molar-refractivity contribution >= 4 is 0 Å². The van der Waals surface area contributed by atoms with Gasteiger partial charge in [-0.1, -0.05) is 6.92 Å². The molecule has 1 heterocycles. The van der Waals surface area contributed by atoms with E-state index in [1.165, 1.54) is 0 Å². The first-order chi connectivity index (χ1) is 6.63. The second kappa shape index (κ2) is 5.12. The zero-order valence-electron chi connectivity index (χ0n) is 9.16. The highest BCUT2D eigenvalue weighted by Gasteiger charge is 2.09. The Bertz CT molecular complexity index is 270. The van der Waals surface area contributed by atoms with Gasteiger partial charge in [0.2, 0.25) is 0 Å². The SMILES string of the molecule is CC(CN)c1cnc(CCN(C)C)o1. The summed E-state index contributed by atoms with van der Waals surface area (Å²) in [6.45, 7) is 3.59. The van der Waals surface area contributed by atoms with E-state index >= 15 is 0 Å². The van der Waals surface area contributed by atoms with Gasteiger partial charge in [-0.15, -0.1) is 0 Å². The molecule has 0 spiro atoms. The van der Waals surface area contributed by atoms with E-state index in [0.29, 0.717) is 6.54 Å². The molecule has 0 aliphatic carbocycles. The number of nitrogens with zero attached hydrogens (tertiary/aromatic N) is 2. The number of aromatic nitrogens is 1. The fraction of sp³-hybridized carbons (Fsp3) is 0.700. The van der Waals surface area contributed by atoms with Crippen molar-refractivity contribution in [3.63, 3.8) is 0 Å². The van der Waals surface area contributed by atoms with Crippen molar-refractivity contribution in [3.8, 4) is 0 Å². The zero-order valence-corrected chi connectivity index (χ0v) is 9.16. The molecule has 0 amide bonds. The predicted molar refractivity (Wildman–Crippen MR) is 56.2 cm³/mol. The van der Waals surface area contributed by atoms with E-state index in [1.807, 2.05) is 21.0 Å². The molecule has 1 rings (SSSR count). The van der Waals surface area contributed by atoms with Crippen molar-refractivity contribution < 1.29 is 4.42 Å². The Kier molecular flexibility index (Phi) is 4.10. The van der Waals surface area contributed by atoms with Crippen LogP contribution in [0.2, 0.25) is 0 Å². The second-order valence-electron chi connectivity index (χ2n) is 3.85. The van der Waals surface area contributed by atoms with Crippen molar-refractivity contribution in [2.75, 3.05) is 27.2 Å². The first-order valence-electron chi connectivity index (χ1n) is 4.93. The largest absolute Gasteiger partial charge is 0.445 e. The van der Waals surface area contributed by atoms with Crippen LogP contribution in [-0.4, -0.2) is 37.1 Å². The number of rotatable bonds is 5. The van der Waals surface area contributed by atoms with Crippen LogP contribution in [0.4, 0.5) is 0 Å². The lowest BCUT2D eigenvalue weighted by molar-refractivity contribution is 0.372. The van der Waals surface area contributed by atoms with E-state index in [0.717, 1.165) is 24.6 Å². The topological polar surface area (TPSA) is 55.3 Å². The third kappa shape index (κ3) is 3.12. The van der Waals surface area contributed by atoms with Gasteiger partial charge in [0.1, 0.15) is 5.76 Å². The average Bonchev–Trinajstić information content (AvgIpc) is 2.62. The van der Waals surface area contributed by atoms with E-state index in [9.17, 15) is 0 Å². The standard InChI is InChI=1S/C10H19N3O/c1-8(6-11)9-7-12-10(14-9)4-5-13(2)3/h7-8H,4-6,11H2,1-3H3. The summed E-state index contributed by atoms with van der Waals surface area (Å²) >= 11 is 0. The summed E-state index contributed by atoms with van der Waals surface area (Å²) in [6, 6.07) is 0. The van der Waals surface area contributed by atoms with Crippen molar-refractivity contribution in [2.24, 2.45) is 5.73 Å². The molecule has 0 aliphatic rings. The van der Waals surface area contributed by atoms with Crippen molar-refractivity contribution in [1.29, 1.82) is 0 Å². The van der Waals surface area contributed by atoms with Gasteiger partial charge in [0, 0.05) is 25.4 Å². The van der Waals surface area contributed by atoms with Gasteiger partial charge < -0.3 is 15.1 Å². The average molecular weight is 197 g/mol. The molecule has 1 aromatic heterocycles. The molecule has 0 saturated heterocycles. The maximum absolute atomic E-state index is 5.57. The Morgan fingerprint density at radius 3 is 2.86 bits per heavy atom. The Labute approximate surface area is 85.1 Å². The van der Waals surface area contributed by atoms with E-state index < -0.39 is 0 Å². The minimum atomic E-state index is 0.260. The predicted octanol–water partition coefficient (Wildman–Crippen LogP) is 0.841. The van der Waals surface area contributed by atoms with Crippen LogP contribution in [0.5, 0.6) is 0 Å². The van der Waals surface area contributed by atoms with Crippen molar-refractivity contribution in [3.05, 3.63) is 17.8 Å². The quantitative estimate of drug-likeness (QED) is 0.760. The maximum Gasteiger partial charge on any atom is 0.195 e. The van der Waals surface area contributed by atoms with Gasteiger partial charge in [0.25, 0.3) is 0 Å². The molecule has 0 radical (unpaired) electrons. The smallest absolute Gasteiger partial charge is 0.195 e. The minimum absolute atomic E-state index is 0.260. The number of hydrogen-bond donors (Lipinski definition) is 1. The van der Waals surface area contributed by atoms with E-state index in [1.54, 1.807) is 6.20 Å². The molecular formula is C10H19N3O. The summed E-state index contributed by atoms with van der Waals surface area (Å²) in [5.41, 5.74) is 5.54. The van der Waals surface area contributed by atoms with Gasteiger partial charge >= 0.3 is 0 Å². The maximum atomic E-state index is 5.57. The van der Waals surface area contributed by atoms with Crippen LogP contribution in [0.25, 0.3) is 0 Å². The van der Waals surface area contributed by atoms with Crippen LogP contribution < -0.4 is 5.73 Å². The molecule has 0 bridgehead atoms. The van der Waals surface area contributed by atoms with Crippen LogP contribution in [0.3, 0.4) is 0 Å². The fourth-order valence-corrected chi connectivity index (χ4v) is 1.10. The van der Waals surface area contributed by atoms with Crippen LogP contribution in [0.1, 0.15) is 24.5 Å². The summed E-state index contributed by atoms with van der Waals surface area (Å²) in [6.07, 6.45) is 2.63. The van der Waals surface area contributed by atoms with Gasteiger partial charge in [0.05, 0.1) is 6.20 Å². The fourth-order valence-electron chi connectivity index (χ4n) is 1.10. The summed E-state index contributed by atoms with van der Waals surface area (Å²) in [5, 5.41) is 0. The highest BCUT2D eigenvalue weighted by atomic mass is 16.4. The molecule has 1 unspecified atom stereocenters. The molecule has 1 aromatic rings. The summed E-state index contributed by atoms with van der Waals surface area (Å²) in [4.78, 5) is 6.32. The van der Waals surface area contributed by atoms with Crippen LogP contribution in [0.15, 0.2) is 10.6 Å². The monoisotopic (exact) mass is 197 g/mol. The Balaban J connectivity index is 2.50. The lowest BCUT2D eigenvalue weighted by Gasteiger charge is -2.06. The highest BCUT2D eigenvalue weighted by Crippen LogP contribution is 2.14. The molecule has 4 heteroatoms. The Hall–Kier alpha value is -0.870. The highest BCUT2D eigenvalue weighted by molar-refractivity contribution is 5.01. The van der Waals surface area contributed by atoms with Crippen LogP contribution in [0, 0.1) is 0 Å². The molecule has 0 saturated carbocycles. The lowest BCUT2D eigenvalue weighted by Crippen LogP contribution is -2.15. The Morgan fingerprint density at radius 2 is 2.29 bits per heavy atom.